The summed E-state index contributed by atoms with van der Waals surface area (Å²) >= 11 is 6.01. The molecule has 1 aliphatic rings. The zero-order chi connectivity index (χ0) is 15.0. The van der Waals surface area contributed by atoms with Crippen LogP contribution < -0.4 is 4.74 Å². The Morgan fingerprint density at radius 1 is 1.33 bits per heavy atom. The molecule has 1 aromatic heterocycles. The fourth-order valence-electron chi connectivity index (χ4n) is 2.42. The van der Waals surface area contributed by atoms with Crippen molar-refractivity contribution in [3.63, 3.8) is 0 Å². The molecule has 1 unspecified atom stereocenters. The summed E-state index contributed by atoms with van der Waals surface area (Å²) in [5.74, 6) is 0.0181. The van der Waals surface area contributed by atoms with Gasteiger partial charge in [-0.15, -0.1) is 0 Å². The Bertz CT molecular complexity index is 672. The number of nitrogens with zero attached hydrogens (tertiary/aromatic N) is 1. The number of pyridine rings is 1. The van der Waals surface area contributed by atoms with Crippen LogP contribution in [0.25, 0.3) is 11.3 Å². The molecule has 0 bridgehead atoms. The van der Waals surface area contributed by atoms with Crippen LogP contribution in [0.4, 0.5) is 8.78 Å². The molecule has 0 saturated carbocycles. The fourth-order valence-corrected chi connectivity index (χ4v) is 2.61. The number of fused-ring (bicyclic) bond motifs is 1. The Hall–Kier alpha value is -1.72. The van der Waals surface area contributed by atoms with Gasteiger partial charge >= 0.3 is 0 Å². The normalized spacial score (nSPS) is 20.2. The molecule has 6 heteroatoms. The summed E-state index contributed by atoms with van der Waals surface area (Å²) in [6.07, 6.45) is 0. The molecule has 3 nitrogen and oxygen atoms in total. The minimum Gasteiger partial charge on any atom is -0.490 e. The molecular weight excluding hydrogens is 300 g/mol. The molecule has 0 aliphatic carbocycles. The van der Waals surface area contributed by atoms with Crippen LogP contribution in [-0.4, -0.2) is 30.0 Å². The maximum Gasteiger partial charge on any atom is 0.149 e. The SMILES string of the molecule is OCC1(CF)COc2c1cc(Cl)nc2-c1ccc(F)cc1. The summed E-state index contributed by atoms with van der Waals surface area (Å²) in [6, 6.07) is 7.20. The number of aromatic nitrogens is 1. The van der Waals surface area contributed by atoms with E-state index in [-0.39, 0.29) is 24.2 Å². The molecule has 1 N–H and O–H groups in total. The average Bonchev–Trinajstić information content (AvgIpc) is 2.86. The van der Waals surface area contributed by atoms with Gasteiger partial charge in [-0.3, -0.25) is 0 Å². The van der Waals surface area contributed by atoms with Gasteiger partial charge in [-0.25, -0.2) is 13.8 Å². The molecule has 1 aliphatic heterocycles. The summed E-state index contributed by atoms with van der Waals surface area (Å²) in [7, 11) is 0. The van der Waals surface area contributed by atoms with Gasteiger partial charge in [0.15, 0.2) is 0 Å². The van der Waals surface area contributed by atoms with Gasteiger partial charge in [0.2, 0.25) is 0 Å². The summed E-state index contributed by atoms with van der Waals surface area (Å²) in [5, 5.41) is 9.69. The predicted molar refractivity (Wildman–Crippen MR) is 74.9 cm³/mol. The second kappa shape index (κ2) is 5.24. The topological polar surface area (TPSA) is 42.4 Å². The van der Waals surface area contributed by atoms with Crippen LogP contribution in [0.5, 0.6) is 5.75 Å². The van der Waals surface area contributed by atoms with E-state index < -0.39 is 12.1 Å². The highest BCUT2D eigenvalue weighted by Gasteiger charge is 2.42. The lowest BCUT2D eigenvalue weighted by Crippen LogP contribution is -2.34. The van der Waals surface area contributed by atoms with E-state index in [1.165, 1.54) is 18.2 Å². The number of halogens is 3. The quantitative estimate of drug-likeness (QED) is 0.886. The summed E-state index contributed by atoms with van der Waals surface area (Å²) < 4.78 is 32.0. The minimum absolute atomic E-state index is 0.0194. The first-order chi connectivity index (χ1) is 10.1. The lowest BCUT2D eigenvalue weighted by Gasteiger charge is -2.21. The highest BCUT2D eigenvalue weighted by atomic mass is 35.5. The number of aliphatic hydroxyl groups excluding tert-OH is 1. The Morgan fingerprint density at radius 3 is 2.67 bits per heavy atom. The molecule has 1 aromatic carbocycles. The minimum atomic E-state index is -1.11. The molecule has 0 saturated heterocycles. The third-order valence-electron chi connectivity index (χ3n) is 3.68. The largest absolute Gasteiger partial charge is 0.490 e. The number of benzene rings is 1. The highest BCUT2D eigenvalue weighted by Crippen LogP contribution is 2.45. The van der Waals surface area contributed by atoms with Crippen LogP contribution in [0.2, 0.25) is 5.15 Å². The van der Waals surface area contributed by atoms with Crippen molar-refractivity contribution in [3.8, 4) is 17.0 Å². The predicted octanol–water partition coefficient (Wildman–Crippen LogP) is 3.13. The van der Waals surface area contributed by atoms with Crippen molar-refractivity contribution in [1.82, 2.24) is 4.98 Å². The maximum atomic E-state index is 13.4. The maximum absolute atomic E-state index is 13.4. The summed E-state index contributed by atoms with van der Waals surface area (Å²) in [5.41, 5.74) is 0.410. The van der Waals surface area contributed by atoms with Crippen molar-refractivity contribution in [2.75, 3.05) is 19.9 Å². The lowest BCUT2D eigenvalue weighted by molar-refractivity contribution is 0.132. The third-order valence-corrected chi connectivity index (χ3v) is 3.88. The fraction of sp³-hybridized carbons (Fsp3) is 0.267. The number of aliphatic hydroxyl groups is 1. The van der Waals surface area contributed by atoms with Crippen LogP contribution >= 0.6 is 11.6 Å². The van der Waals surface area contributed by atoms with Gasteiger partial charge < -0.3 is 9.84 Å². The van der Waals surface area contributed by atoms with Gasteiger partial charge in [-0.05, 0) is 30.3 Å². The standard InChI is InChI=1S/C15H12ClF2NO2/c16-12-5-11-14(21-8-15(11,6-17)7-20)13(19-12)9-1-3-10(18)4-2-9/h1-5,20H,6-8H2. The molecule has 1 atom stereocenters. The van der Waals surface area contributed by atoms with Gasteiger partial charge in [-0.2, -0.15) is 0 Å². The molecule has 2 heterocycles. The molecule has 0 amide bonds. The molecule has 0 radical (unpaired) electrons. The zero-order valence-electron chi connectivity index (χ0n) is 10.9. The average molecular weight is 312 g/mol. The van der Waals surface area contributed by atoms with E-state index in [9.17, 15) is 13.9 Å². The van der Waals surface area contributed by atoms with E-state index in [0.29, 0.717) is 22.6 Å². The van der Waals surface area contributed by atoms with E-state index in [0.717, 1.165) is 0 Å². The van der Waals surface area contributed by atoms with Crippen molar-refractivity contribution in [3.05, 3.63) is 46.9 Å². The zero-order valence-corrected chi connectivity index (χ0v) is 11.7. The van der Waals surface area contributed by atoms with Crippen LogP contribution in [0.3, 0.4) is 0 Å². The van der Waals surface area contributed by atoms with Gasteiger partial charge in [0, 0.05) is 11.1 Å². The second-order valence-electron chi connectivity index (χ2n) is 5.04. The molecule has 21 heavy (non-hydrogen) atoms. The monoisotopic (exact) mass is 311 g/mol. The molecule has 110 valence electrons. The number of hydrogen-bond acceptors (Lipinski definition) is 3. The van der Waals surface area contributed by atoms with Crippen molar-refractivity contribution >= 4 is 11.6 Å². The van der Waals surface area contributed by atoms with Gasteiger partial charge in [0.05, 0.1) is 12.0 Å². The summed E-state index contributed by atoms with van der Waals surface area (Å²) in [4.78, 5) is 4.19. The van der Waals surface area contributed by atoms with E-state index in [1.807, 2.05) is 0 Å². The van der Waals surface area contributed by atoms with E-state index in [4.69, 9.17) is 16.3 Å². The van der Waals surface area contributed by atoms with Crippen LogP contribution in [0.1, 0.15) is 5.56 Å². The molecule has 0 spiro atoms. The molecule has 3 rings (SSSR count). The van der Waals surface area contributed by atoms with E-state index in [1.54, 1.807) is 12.1 Å². The van der Waals surface area contributed by atoms with E-state index in [2.05, 4.69) is 4.98 Å². The first-order valence-corrected chi connectivity index (χ1v) is 6.74. The smallest absolute Gasteiger partial charge is 0.149 e. The Balaban J connectivity index is 2.19. The van der Waals surface area contributed by atoms with E-state index >= 15 is 0 Å². The van der Waals surface area contributed by atoms with Crippen LogP contribution in [-0.2, 0) is 5.41 Å². The Morgan fingerprint density at radius 2 is 2.05 bits per heavy atom. The van der Waals surface area contributed by atoms with Gasteiger partial charge in [0.1, 0.15) is 35.7 Å². The molecule has 2 aromatic rings. The Labute approximate surface area is 125 Å². The number of ether oxygens (including phenoxy) is 1. The first-order valence-electron chi connectivity index (χ1n) is 6.36. The van der Waals surface area contributed by atoms with Gasteiger partial charge in [0.25, 0.3) is 0 Å². The van der Waals surface area contributed by atoms with Crippen molar-refractivity contribution < 1.29 is 18.6 Å². The Kier molecular flexibility index (Phi) is 3.55. The van der Waals surface area contributed by atoms with Crippen LogP contribution in [0, 0.1) is 5.82 Å². The lowest BCUT2D eigenvalue weighted by atomic mass is 9.84. The van der Waals surface area contributed by atoms with Crippen molar-refractivity contribution in [2.24, 2.45) is 0 Å². The number of alkyl halides is 1. The first kappa shape index (κ1) is 14.2. The number of rotatable bonds is 3. The van der Waals surface area contributed by atoms with Crippen molar-refractivity contribution in [2.45, 2.75) is 5.41 Å². The van der Waals surface area contributed by atoms with Crippen molar-refractivity contribution in [1.29, 1.82) is 0 Å². The molecular formula is C15H12ClF2NO2. The summed E-state index contributed by atoms with van der Waals surface area (Å²) in [6.45, 7) is -1.13. The van der Waals surface area contributed by atoms with Crippen LogP contribution in [0.15, 0.2) is 30.3 Å². The highest BCUT2D eigenvalue weighted by molar-refractivity contribution is 6.29. The third kappa shape index (κ3) is 2.26. The second-order valence-corrected chi connectivity index (χ2v) is 5.43. The number of hydrogen-bond donors (Lipinski definition) is 1. The van der Waals surface area contributed by atoms with Gasteiger partial charge in [-0.1, -0.05) is 11.6 Å². The molecule has 0 fully saturated rings.